The minimum atomic E-state index is -4.31. The first kappa shape index (κ1) is 16.3. The van der Waals surface area contributed by atoms with Gasteiger partial charge in [-0.15, -0.1) is 0 Å². The largest absolute Gasteiger partial charge is 0.416 e. The Morgan fingerprint density at radius 1 is 0.792 bits per heavy atom. The summed E-state index contributed by atoms with van der Waals surface area (Å²) in [5.74, 6) is 0. The lowest BCUT2D eigenvalue weighted by molar-refractivity contribution is -0.137. The summed E-state index contributed by atoms with van der Waals surface area (Å²) >= 11 is 0. The molecular formula is C19H17F3N2. The number of rotatable bonds is 5. The molecule has 1 heterocycles. The van der Waals surface area contributed by atoms with Crippen LogP contribution in [0, 0.1) is 0 Å². The van der Waals surface area contributed by atoms with Gasteiger partial charge in [-0.1, -0.05) is 30.3 Å². The lowest BCUT2D eigenvalue weighted by Gasteiger charge is -2.12. The molecule has 0 unspecified atom stereocenters. The van der Waals surface area contributed by atoms with Gasteiger partial charge < -0.3 is 9.88 Å². The number of alkyl halides is 3. The number of nitrogens with zero attached hydrogens (tertiary/aromatic N) is 1. The molecule has 2 nitrogen and oxygen atoms in total. The minimum absolute atomic E-state index is 0.628. The van der Waals surface area contributed by atoms with Crippen LogP contribution in [-0.4, -0.2) is 4.57 Å². The summed E-state index contributed by atoms with van der Waals surface area (Å²) in [5, 5.41) is 3.35. The molecule has 0 spiro atoms. The van der Waals surface area contributed by atoms with Gasteiger partial charge >= 0.3 is 6.18 Å². The number of nitrogens with one attached hydrogen (secondary N) is 1. The van der Waals surface area contributed by atoms with Gasteiger partial charge in [-0.2, -0.15) is 13.2 Å². The van der Waals surface area contributed by atoms with Crippen LogP contribution in [0.1, 0.15) is 16.8 Å². The van der Waals surface area contributed by atoms with Gasteiger partial charge in [0.05, 0.1) is 5.56 Å². The second-order valence-electron chi connectivity index (χ2n) is 5.50. The summed E-state index contributed by atoms with van der Waals surface area (Å²) in [7, 11) is 0. The van der Waals surface area contributed by atoms with Crippen LogP contribution in [0.15, 0.2) is 72.9 Å². The van der Waals surface area contributed by atoms with Crippen molar-refractivity contribution in [3.8, 4) is 5.69 Å². The lowest BCUT2D eigenvalue weighted by Crippen LogP contribution is -2.15. The van der Waals surface area contributed by atoms with Crippen molar-refractivity contribution in [2.75, 3.05) is 0 Å². The smallest absolute Gasteiger partial charge is 0.320 e. The topological polar surface area (TPSA) is 17.0 Å². The Kier molecular flexibility index (Phi) is 4.71. The van der Waals surface area contributed by atoms with Gasteiger partial charge in [0.25, 0.3) is 0 Å². The molecule has 3 aromatic rings. The normalized spacial score (nSPS) is 11.6. The Morgan fingerprint density at radius 3 is 2.17 bits per heavy atom. The average Bonchev–Trinajstić information content (AvgIpc) is 3.04. The van der Waals surface area contributed by atoms with Crippen molar-refractivity contribution in [1.29, 1.82) is 0 Å². The standard InChI is InChI=1S/C19H17F3N2/c20-19(21,22)16-8-10-17(11-9-16)24-12-4-7-18(24)14-23-13-15-5-2-1-3-6-15/h1-12,23H,13-14H2. The molecule has 0 aliphatic carbocycles. The molecule has 0 bridgehead atoms. The van der Waals surface area contributed by atoms with Gasteiger partial charge in [-0.05, 0) is 42.0 Å². The maximum Gasteiger partial charge on any atom is 0.416 e. The minimum Gasteiger partial charge on any atom is -0.320 e. The van der Waals surface area contributed by atoms with Crippen molar-refractivity contribution in [1.82, 2.24) is 9.88 Å². The highest BCUT2D eigenvalue weighted by Crippen LogP contribution is 2.29. The Balaban J connectivity index is 1.69. The third-order valence-electron chi connectivity index (χ3n) is 3.78. The third-order valence-corrected chi connectivity index (χ3v) is 3.78. The quantitative estimate of drug-likeness (QED) is 0.712. The van der Waals surface area contributed by atoms with Gasteiger partial charge in [0.1, 0.15) is 0 Å². The third kappa shape index (κ3) is 3.86. The second-order valence-corrected chi connectivity index (χ2v) is 5.50. The highest BCUT2D eigenvalue weighted by atomic mass is 19.4. The summed E-state index contributed by atoms with van der Waals surface area (Å²) in [6.07, 6.45) is -2.46. The van der Waals surface area contributed by atoms with Crippen LogP contribution in [0.4, 0.5) is 13.2 Å². The molecule has 0 aliphatic rings. The molecule has 0 aliphatic heterocycles. The fourth-order valence-electron chi connectivity index (χ4n) is 2.55. The summed E-state index contributed by atoms with van der Waals surface area (Å²) in [4.78, 5) is 0. The first-order valence-corrected chi connectivity index (χ1v) is 7.62. The van der Waals surface area contributed by atoms with Crippen LogP contribution in [0.3, 0.4) is 0 Å². The molecule has 0 amide bonds. The van der Waals surface area contributed by atoms with Gasteiger partial charge in [-0.3, -0.25) is 0 Å². The monoisotopic (exact) mass is 330 g/mol. The zero-order chi connectivity index (χ0) is 17.0. The predicted molar refractivity (Wildman–Crippen MR) is 87.8 cm³/mol. The van der Waals surface area contributed by atoms with E-state index in [9.17, 15) is 13.2 Å². The summed E-state index contributed by atoms with van der Waals surface area (Å²) in [6, 6.07) is 19.1. The van der Waals surface area contributed by atoms with Crippen molar-refractivity contribution in [3.05, 3.63) is 89.7 Å². The van der Waals surface area contributed by atoms with Crippen LogP contribution < -0.4 is 5.32 Å². The van der Waals surface area contributed by atoms with E-state index in [0.717, 1.165) is 24.4 Å². The fourth-order valence-corrected chi connectivity index (χ4v) is 2.55. The van der Waals surface area contributed by atoms with E-state index in [1.807, 2.05) is 53.2 Å². The van der Waals surface area contributed by atoms with E-state index in [1.54, 1.807) is 0 Å². The molecule has 0 saturated carbocycles. The molecule has 1 aromatic heterocycles. The van der Waals surface area contributed by atoms with E-state index in [1.165, 1.54) is 17.7 Å². The number of hydrogen-bond donors (Lipinski definition) is 1. The van der Waals surface area contributed by atoms with Crippen molar-refractivity contribution in [2.45, 2.75) is 19.3 Å². The number of benzene rings is 2. The van der Waals surface area contributed by atoms with Gasteiger partial charge in [0, 0.05) is 30.7 Å². The average molecular weight is 330 g/mol. The summed E-state index contributed by atoms with van der Waals surface area (Å²) in [6.45, 7) is 1.36. The Morgan fingerprint density at radius 2 is 1.50 bits per heavy atom. The first-order valence-electron chi connectivity index (χ1n) is 7.62. The molecule has 2 aromatic carbocycles. The van der Waals surface area contributed by atoms with E-state index in [4.69, 9.17) is 0 Å². The molecule has 1 N–H and O–H groups in total. The Labute approximate surface area is 138 Å². The van der Waals surface area contributed by atoms with Crippen LogP contribution in [0.2, 0.25) is 0 Å². The maximum absolute atomic E-state index is 12.7. The molecule has 5 heteroatoms. The van der Waals surface area contributed by atoms with Gasteiger partial charge in [0.2, 0.25) is 0 Å². The molecular weight excluding hydrogens is 313 g/mol. The SMILES string of the molecule is FC(F)(F)c1ccc(-n2cccc2CNCc2ccccc2)cc1. The van der Waals surface area contributed by atoms with Crippen molar-refractivity contribution in [2.24, 2.45) is 0 Å². The molecule has 0 atom stereocenters. The number of hydrogen-bond acceptors (Lipinski definition) is 1. The van der Waals surface area contributed by atoms with Crippen LogP contribution in [-0.2, 0) is 19.3 Å². The van der Waals surface area contributed by atoms with E-state index in [0.29, 0.717) is 12.2 Å². The van der Waals surface area contributed by atoms with Crippen LogP contribution in [0.25, 0.3) is 5.69 Å². The van der Waals surface area contributed by atoms with E-state index >= 15 is 0 Å². The maximum atomic E-state index is 12.7. The molecule has 0 radical (unpaired) electrons. The summed E-state index contributed by atoms with van der Waals surface area (Å²) < 4.78 is 39.8. The van der Waals surface area contributed by atoms with Crippen molar-refractivity contribution >= 4 is 0 Å². The Bertz CT molecular complexity index is 774. The molecule has 0 saturated heterocycles. The van der Waals surface area contributed by atoms with Crippen molar-refractivity contribution < 1.29 is 13.2 Å². The van der Waals surface area contributed by atoms with E-state index in [-0.39, 0.29) is 0 Å². The van der Waals surface area contributed by atoms with Gasteiger partial charge in [0.15, 0.2) is 0 Å². The van der Waals surface area contributed by atoms with Crippen LogP contribution >= 0.6 is 0 Å². The molecule has 0 fully saturated rings. The van der Waals surface area contributed by atoms with Crippen LogP contribution in [0.5, 0.6) is 0 Å². The second kappa shape index (κ2) is 6.93. The highest BCUT2D eigenvalue weighted by molar-refractivity contribution is 5.38. The summed E-state index contributed by atoms with van der Waals surface area (Å²) in [5.41, 5.74) is 2.25. The van der Waals surface area contributed by atoms with E-state index < -0.39 is 11.7 Å². The number of aromatic nitrogens is 1. The van der Waals surface area contributed by atoms with E-state index in [2.05, 4.69) is 5.32 Å². The molecule has 3 rings (SSSR count). The lowest BCUT2D eigenvalue weighted by atomic mass is 10.2. The fraction of sp³-hybridized carbons (Fsp3) is 0.158. The van der Waals surface area contributed by atoms with Crippen molar-refractivity contribution in [3.63, 3.8) is 0 Å². The number of halogens is 3. The molecule has 24 heavy (non-hydrogen) atoms. The zero-order valence-corrected chi connectivity index (χ0v) is 12.9. The Hall–Kier alpha value is -2.53. The highest BCUT2D eigenvalue weighted by Gasteiger charge is 2.30. The van der Waals surface area contributed by atoms with Gasteiger partial charge in [-0.25, -0.2) is 0 Å². The predicted octanol–water partition coefficient (Wildman–Crippen LogP) is 4.79. The zero-order valence-electron chi connectivity index (χ0n) is 12.9. The first-order chi connectivity index (χ1) is 11.5. The molecule has 124 valence electrons.